The summed E-state index contributed by atoms with van der Waals surface area (Å²) in [4.78, 5) is 0. The van der Waals surface area contributed by atoms with E-state index in [1.54, 1.807) is 14.2 Å². The zero-order valence-corrected chi connectivity index (χ0v) is 16.5. The fraction of sp³-hybridized carbons (Fsp3) is 0.435. The Bertz CT molecular complexity index is 918. The summed E-state index contributed by atoms with van der Waals surface area (Å²) in [7, 11) is 3.33. The molecule has 5 rings (SSSR count). The standard InChI is InChI=1S/C23H26N2O3/c1-26-21-11-10-16(14-22(21)27-2)18-15-19-17-8-4-5-9-20(17)28-23(25(19)24-18)12-6-3-7-13-23/h4-5,8-11,14,19H,3,6-7,12-13,15H2,1-2H3/t19-/m1/s1. The molecule has 0 N–H and O–H groups in total. The molecular weight excluding hydrogens is 352 g/mol. The SMILES string of the molecule is COc1ccc(C2=NN3[C@H](C2)c2ccccc2OC32CCCCC2)cc1OC. The monoisotopic (exact) mass is 378 g/mol. The molecule has 3 aliphatic rings. The molecule has 2 aromatic rings. The highest BCUT2D eigenvalue weighted by Gasteiger charge is 2.50. The van der Waals surface area contributed by atoms with Crippen molar-refractivity contribution in [2.45, 2.75) is 50.3 Å². The normalized spacial score (nSPS) is 22.1. The van der Waals surface area contributed by atoms with Gasteiger partial charge in [0.25, 0.3) is 0 Å². The third-order valence-corrected chi connectivity index (χ3v) is 6.26. The largest absolute Gasteiger partial charge is 0.493 e. The lowest BCUT2D eigenvalue weighted by molar-refractivity contribution is -0.140. The molecule has 0 bridgehead atoms. The molecule has 0 saturated heterocycles. The number of rotatable bonds is 3. The van der Waals surface area contributed by atoms with Gasteiger partial charge in [-0.2, -0.15) is 5.10 Å². The van der Waals surface area contributed by atoms with Crippen molar-refractivity contribution < 1.29 is 14.2 Å². The molecule has 1 aliphatic carbocycles. The first-order chi connectivity index (χ1) is 13.7. The summed E-state index contributed by atoms with van der Waals surface area (Å²) in [5, 5.41) is 7.38. The third kappa shape index (κ3) is 2.64. The Morgan fingerprint density at radius 3 is 2.57 bits per heavy atom. The van der Waals surface area contributed by atoms with E-state index in [0.717, 1.165) is 47.8 Å². The molecule has 0 unspecified atom stereocenters. The van der Waals surface area contributed by atoms with Gasteiger partial charge < -0.3 is 14.2 Å². The molecule has 0 amide bonds. The van der Waals surface area contributed by atoms with Gasteiger partial charge in [0.2, 0.25) is 0 Å². The third-order valence-electron chi connectivity index (χ3n) is 6.26. The van der Waals surface area contributed by atoms with E-state index in [4.69, 9.17) is 19.3 Å². The van der Waals surface area contributed by atoms with E-state index in [1.165, 1.54) is 24.8 Å². The summed E-state index contributed by atoms with van der Waals surface area (Å²) in [6.07, 6.45) is 6.58. The zero-order chi connectivity index (χ0) is 19.1. The molecule has 1 fully saturated rings. The molecule has 1 atom stereocenters. The van der Waals surface area contributed by atoms with Gasteiger partial charge in [0.05, 0.1) is 26.0 Å². The molecule has 2 aromatic carbocycles. The summed E-state index contributed by atoms with van der Waals surface area (Å²) >= 11 is 0. The van der Waals surface area contributed by atoms with Crippen LogP contribution in [0, 0.1) is 0 Å². The predicted octanol–water partition coefficient (Wildman–Crippen LogP) is 4.91. The fourth-order valence-corrected chi connectivity index (χ4v) is 4.85. The van der Waals surface area contributed by atoms with Crippen LogP contribution in [0.15, 0.2) is 47.6 Å². The number of fused-ring (bicyclic) bond motifs is 4. The number of hydrazone groups is 1. The molecule has 2 heterocycles. The van der Waals surface area contributed by atoms with Crippen LogP contribution < -0.4 is 14.2 Å². The lowest BCUT2D eigenvalue weighted by Crippen LogP contribution is -2.54. The number of methoxy groups -OCH3 is 2. The van der Waals surface area contributed by atoms with Gasteiger partial charge in [0.1, 0.15) is 5.75 Å². The highest BCUT2D eigenvalue weighted by molar-refractivity contribution is 6.02. The number of hydrogen-bond acceptors (Lipinski definition) is 5. The van der Waals surface area contributed by atoms with E-state index < -0.39 is 0 Å². The molecule has 0 radical (unpaired) electrons. The van der Waals surface area contributed by atoms with E-state index in [0.29, 0.717) is 0 Å². The van der Waals surface area contributed by atoms with Crippen LogP contribution in [-0.2, 0) is 0 Å². The quantitative estimate of drug-likeness (QED) is 0.761. The van der Waals surface area contributed by atoms with Crippen LogP contribution in [0.3, 0.4) is 0 Å². The average Bonchev–Trinajstić information content (AvgIpc) is 3.21. The second kappa shape index (κ2) is 6.73. The Labute approximate surface area is 165 Å². The van der Waals surface area contributed by atoms with Gasteiger partial charge in [-0.05, 0) is 37.1 Å². The Morgan fingerprint density at radius 1 is 1.00 bits per heavy atom. The first kappa shape index (κ1) is 17.4. The van der Waals surface area contributed by atoms with Crippen molar-refractivity contribution in [2.75, 3.05) is 14.2 Å². The molecule has 146 valence electrons. The molecule has 0 aromatic heterocycles. The van der Waals surface area contributed by atoms with Crippen LogP contribution in [0.5, 0.6) is 17.2 Å². The number of nitrogens with zero attached hydrogens (tertiary/aromatic N) is 2. The van der Waals surface area contributed by atoms with Crippen molar-refractivity contribution in [3.63, 3.8) is 0 Å². The minimum absolute atomic E-state index is 0.228. The summed E-state index contributed by atoms with van der Waals surface area (Å²) in [6.45, 7) is 0. The molecule has 5 heteroatoms. The highest BCUT2D eigenvalue weighted by Crippen LogP contribution is 2.51. The van der Waals surface area contributed by atoms with Gasteiger partial charge in [0, 0.05) is 30.4 Å². The van der Waals surface area contributed by atoms with Crippen molar-refractivity contribution in [1.82, 2.24) is 5.01 Å². The number of benzene rings is 2. The van der Waals surface area contributed by atoms with Gasteiger partial charge in [0.15, 0.2) is 17.2 Å². The lowest BCUT2D eigenvalue weighted by atomic mass is 9.86. The fourth-order valence-electron chi connectivity index (χ4n) is 4.85. The second-order valence-electron chi connectivity index (χ2n) is 7.83. The molecule has 2 aliphatic heterocycles. The van der Waals surface area contributed by atoms with Crippen LogP contribution >= 0.6 is 0 Å². The van der Waals surface area contributed by atoms with Gasteiger partial charge in [-0.25, -0.2) is 5.01 Å². The van der Waals surface area contributed by atoms with Crippen molar-refractivity contribution in [3.8, 4) is 17.2 Å². The number of para-hydroxylation sites is 1. The first-order valence-electron chi connectivity index (χ1n) is 10.1. The summed E-state index contributed by atoms with van der Waals surface area (Å²) in [5.74, 6) is 2.49. The maximum atomic E-state index is 6.61. The Morgan fingerprint density at radius 2 is 1.79 bits per heavy atom. The molecule has 1 spiro atoms. The summed E-state index contributed by atoms with van der Waals surface area (Å²) in [6, 6.07) is 14.7. The zero-order valence-electron chi connectivity index (χ0n) is 16.5. The van der Waals surface area contributed by atoms with Crippen LogP contribution in [-0.4, -0.2) is 30.7 Å². The minimum atomic E-state index is -0.310. The smallest absolute Gasteiger partial charge is 0.198 e. The molecule has 5 nitrogen and oxygen atoms in total. The highest BCUT2D eigenvalue weighted by atomic mass is 16.5. The van der Waals surface area contributed by atoms with Crippen molar-refractivity contribution in [1.29, 1.82) is 0 Å². The van der Waals surface area contributed by atoms with Crippen molar-refractivity contribution in [3.05, 3.63) is 53.6 Å². The van der Waals surface area contributed by atoms with Crippen LogP contribution in [0.4, 0.5) is 0 Å². The maximum Gasteiger partial charge on any atom is 0.198 e. The van der Waals surface area contributed by atoms with E-state index in [-0.39, 0.29) is 11.8 Å². The van der Waals surface area contributed by atoms with Crippen molar-refractivity contribution in [2.24, 2.45) is 5.10 Å². The average molecular weight is 378 g/mol. The Balaban J connectivity index is 1.56. The van der Waals surface area contributed by atoms with Crippen LogP contribution in [0.1, 0.15) is 55.7 Å². The second-order valence-corrected chi connectivity index (χ2v) is 7.83. The number of ether oxygens (including phenoxy) is 3. The predicted molar refractivity (Wildman–Crippen MR) is 108 cm³/mol. The minimum Gasteiger partial charge on any atom is -0.493 e. The Hall–Kier alpha value is -2.69. The van der Waals surface area contributed by atoms with Gasteiger partial charge >= 0.3 is 0 Å². The van der Waals surface area contributed by atoms with Crippen molar-refractivity contribution >= 4 is 5.71 Å². The first-order valence-corrected chi connectivity index (χ1v) is 10.1. The summed E-state index contributed by atoms with van der Waals surface area (Å²) < 4.78 is 17.5. The van der Waals surface area contributed by atoms with Gasteiger partial charge in [-0.1, -0.05) is 24.6 Å². The van der Waals surface area contributed by atoms with E-state index >= 15 is 0 Å². The van der Waals surface area contributed by atoms with E-state index in [2.05, 4.69) is 35.3 Å². The van der Waals surface area contributed by atoms with E-state index in [9.17, 15) is 0 Å². The topological polar surface area (TPSA) is 43.3 Å². The molecule has 1 saturated carbocycles. The summed E-state index contributed by atoms with van der Waals surface area (Å²) in [5.41, 5.74) is 3.08. The van der Waals surface area contributed by atoms with Gasteiger partial charge in [-0.15, -0.1) is 0 Å². The lowest BCUT2D eigenvalue weighted by Gasteiger charge is -2.49. The van der Waals surface area contributed by atoms with Crippen LogP contribution in [0.25, 0.3) is 0 Å². The van der Waals surface area contributed by atoms with Crippen LogP contribution in [0.2, 0.25) is 0 Å². The van der Waals surface area contributed by atoms with Gasteiger partial charge in [-0.3, -0.25) is 0 Å². The molecular formula is C23H26N2O3. The maximum absolute atomic E-state index is 6.61. The molecule has 28 heavy (non-hydrogen) atoms. The van der Waals surface area contributed by atoms with E-state index in [1.807, 2.05) is 12.1 Å². The Kier molecular flexibility index (Phi) is 4.18. The number of hydrogen-bond donors (Lipinski definition) is 0.